The number of aromatic nitrogens is 1. The quantitative estimate of drug-likeness (QED) is 0.574. The third kappa shape index (κ3) is 1.23. The van der Waals surface area contributed by atoms with Gasteiger partial charge in [-0.3, -0.25) is 0 Å². The molecule has 2 aromatic carbocycles. The van der Waals surface area contributed by atoms with Crippen molar-refractivity contribution in [3.8, 4) is 0 Å². The van der Waals surface area contributed by atoms with E-state index in [1.807, 2.05) is 0 Å². The summed E-state index contributed by atoms with van der Waals surface area (Å²) in [6.07, 6.45) is 0. The Morgan fingerprint density at radius 3 is 1.93 bits per heavy atom. The molecule has 0 fully saturated rings. The molecule has 0 saturated heterocycles. The van der Waals surface area contributed by atoms with E-state index < -0.39 is 61.1 Å². The number of hydrogen-bond donors (Lipinski definition) is 1. The molecule has 1 heteroatoms. The third-order valence-electron chi connectivity index (χ3n) is 2.12. The summed E-state index contributed by atoms with van der Waals surface area (Å²) in [4.78, 5) is 2.61. The molecule has 0 unspecified atom stereocenters. The second kappa shape index (κ2) is 2.86. The molecule has 3 aromatic rings. The van der Waals surface area contributed by atoms with Gasteiger partial charge >= 0.3 is 0 Å². The first-order chi connectivity index (χ1) is 12.2. The smallest absolute Gasteiger partial charge is 0.0645 e. The molecule has 3 rings (SSSR count). The van der Waals surface area contributed by atoms with Gasteiger partial charge in [0.2, 0.25) is 0 Å². The molecule has 1 aromatic heterocycles. The summed E-state index contributed by atoms with van der Waals surface area (Å²) in [6, 6.07) is -3.69. The van der Waals surface area contributed by atoms with Crippen LogP contribution in [0.15, 0.2) is 36.3 Å². The monoisotopic (exact) mass is 207 g/mol. The predicted molar refractivity (Wildman–Crippen MR) is 65.3 cm³/mol. The van der Waals surface area contributed by atoms with Gasteiger partial charge in [-0.2, -0.15) is 0 Å². The maximum absolute atomic E-state index is 8.26. The summed E-state index contributed by atoms with van der Waals surface area (Å²) in [5.74, 6) is 0. The molecule has 0 saturated carbocycles. The Hall–Kier alpha value is -1.76. The molecule has 0 atom stereocenters. The average molecular weight is 207 g/mol. The van der Waals surface area contributed by atoms with E-state index in [1.165, 1.54) is 0 Å². The number of fused-ring (bicyclic) bond motifs is 3. The second-order valence-electron chi connectivity index (χ2n) is 3.12. The molecule has 0 aliphatic rings. The zero-order valence-electron chi connectivity index (χ0n) is 19.5. The van der Waals surface area contributed by atoms with Gasteiger partial charge in [-0.25, -0.2) is 0 Å². The van der Waals surface area contributed by atoms with Gasteiger partial charge in [-0.05, 0) is 37.9 Å². The minimum absolute atomic E-state index is 0.142. The van der Waals surface area contributed by atoms with Gasteiger partial charge in [0.25, 0.3) is 0 Å². The van der Waals surface area contributed by atoms with Gasteiger partial charge in [-0.1, -0.05) is 23.2 Å². The normalized spacial score (nSPS) is 24.5. The Balaban J connectivity index is 2.69. The van der Waals surface area contributed by atoms with E-state index in [9.17, 15) is 0 Å². The Bertz CT molecular complexity index is 1020. The number of aromatic amines is 1. The van der Waals surface area contributed by atoms with Crippen molar-refractivity contribution >= 4 is 21.8 Å². The average Bonchev–Trinajstić information content (AvgIpc) is 2.89. The fourth-order valence-electron chi connectivity index (χ4n) is 1.50. The third-order valence-corrected chi connectivity index (χ3v) is 2.12. The van der Waals surface area contributed by atoms with Crippen molar-refractivity contribution < 1.29 is 16.4 Å². The molecule has 1 N–H and O–H groups in total. The predicted octanol–water partition coefficient (Wildman–Crippen LogP) is 3.94. The summed E-state index contributed by atoms with van der Waals surface area (Å²) in [6.45, 7) is -5.73. The van der Waals surface area contributed by atoms with Gasteiger partial charge in [0.15, 0.2) is 0 Å². The Labute approximate surface area is 106 Å². The highest BCUT2D eigenvalue weighted by atomic mass is 14.7. The van der Waals surface area contributed by atoms with Crippen molar-refractivity contribution in [1.29, 1.82) is 0 Å². The van der Waals surface area contributed by atoms with Crippen molar-refractivity contribution in [2.75, 3.05) is 0 Å². The van der Waals surface area contributed by atoms with Gasteiger partial charge in [0.1, 0.15) is 0 Å². The molecule has 74 valence electrons. The van der Waals surface area contributed by atoms with Crippen LogP contribution < -0.4 is 0 Å². The van der Waals surface area contributed by atoms with E-state index in [1.54, 1.807) is 0 Å². The molecule has 0 bridgehead atoms. The highest BCUT2D eigenvalue weighted by Gasteiger charge is 2.03. The molecule has 1 heterocycles. The molecule has 0 spiro atoms. The number of benzene rings is 2. The second-order valence-corrected chi connectivity index (χ2v) is 3.12. The van der Waals surface area contributed by atoms with Crippen molar-refractivity contribution in [3.05, 3.63) is 47.4 Å². The molecular formula is C14H13N. The van der Waals surface area contributed by atoms with Crippen LogP contribution in [0.5, 0.6) is 0 Å². The zero-order chi connectivity index (χ0) is 20.6. The molecule has 0 radical (unpaired) electrons. The van der Waals surface area contributed by atoms with Crippen LogP contribution in [-0.4, -0.2) is 4.98 Å². The highest BCUT2D eigenvalue weighted by molar-refractivity contribution is 6.07. The summed E-state index contributed by atoms with van der Waals surface area (Å²) >= 11 is 0. The summed E-state index contributed by atoms with van der Waals surface area (Å²) in [5.41, 5.74) is -1.65. The first-order valence-corrected chi connectivity index (χ1v) is 4.25. The molecule has 15 heavy (non-hydrogen) atoms. The largest absolute Gasteiger partial charge is 0.355 e. The van der Waals surface area contributed by atoms with Gasteiger partial charge in [0.05, 0.1) is 8.22 Å². The first-order valence-electron chi connectivity index (χ1n) is 10.2. The molecular weight excluding hydrogens is 182 g/mol. The number of hydrogen-bond acceptors (Lipinski definition) is 0. The lowest BCUT2D eigenvalue weighted by Gasteiger charge is -1.94. The summed E-state index contributed by atoms with van der Waals surface area (Å²) < 4.78 is 93.9. The Morgan fingerprint density at radius 1 is 0.933 bits per heavy atom. The molecule has 0 aliphatic carbocycles. The standard InChI is InChI=1S/C14H13N/c1-9-3-5-13-11(7-9)12-8-10(2)4-6-14(12)15-13/h3-8,15H,1-2H3/i1D3,2D3,3D,4D,5D,6D,7D,8D. The van der Waals surface area contributed by atoms with Crippen LogP contribution >= 0.6 is 0 Å². The van der Waals surface area contributed by atoms with E-state index in [0.717, 1.165) is 0 Å². The maximum atomic E-state index is 8.26. The van der Waals surface area contributed by atoms with Crippen LogP contribution in [-0.2, 0) is 0 Å². The van der Waals surface area contributed by atoms with Crippen LogP contribution in [0.2, 0.25) is 0 Å². The Kier molecular flexibility index (Phi) is 0.510. The first kappa shape index (κ1) is 2.67. The number of nitrogens with one attached hydrogen (secondary N) is 1. The summed E-state index contributed by atoms with van der Waals surface area (Å²) in [5, 5.41) is -0.415. The van der Waals surface area contributed by atoms with E-state index in [-0.39, 0.29) is 21.8 Å². The fourth-order valence-corrected chi connectivity index (χ4v) is 1.50. The van der Waals surface area contributed by atoms with Crippen LogP contribution in [0.3, 0.4) is 0 Å². The van der Waals surface area contributed by atoms with E-state index >= 15 is 0 Å². The topological polar surface area (TPSA) is 15.8 Å². The molecule has 1 nitrogen and oxygen atoms in total. The van der Waals surface area contributed by atoms with Crippen molar-refractivity contribution in [2.24, 2.45) is 0 Å². The van der Waals surface area contributed by atoms with E-state index in [4.69, 9.17) is 16.4 Å². The Morgan fingerprint density at radius 2 is 1.47 bits per heavy atom. The van der Waals surface area contributed by atoms with Crippen LogP contribution in [0.25, 0.3) is 21.8 Å². The van der Waals surface area contributed by atoms with Crippen molar-refractivity contribution in [1.82, 2.24) is 4.98 Å². The van der Waals surface area contributed by atoms with Crippen molar-refractivity contribution in [3.63, 3.8) is 0 Å². The van der Waals surface area contributed by atoms with Gasteiger partial charge in [0, 0.05) is 30.0 Å². The van der Waals surface area contributed by atoms with Crippen LogP contribution in [0.4, 0.5) is 0 Å². The SMILES string of the molecule is [2H]c1c(C([2H])([2H])[2H])c([2H])c2c([nH]c3c([2H])c([2H])c(C([2H])([2H])[2H])c([2H])c32)c1[2H]. The van der Waals surface area contributed by atoms with Gasteiger partial charge < -0.3 is 4.98 Å². The zero-order valence-corrected chi connectivity index (χ0v) is 7.50. The lowest BCUT2D eigenvalue weighted by atomic mass is 10.1. The maximum Gasteiger partial charge on any atom is 0.0645 e. The highest BCUT2D eigenvalue weighted by Crippen LogP contribution is 2.26. The minimum atomic E-state index is -2.87. The number of rotatable bonds is 0. The summed E-state index contributed by atoms with van der Waals surface area (Å²) in [7, 11) is 0. The lowest BCUT2D eigenvalue weighted by Crippen LogP contribution is -1.72. The number of H-pyrrole nitrogens is 1. The van der Waals surface area contributed by atoms with Crippen molar-refractivity contribution in [2.45, 2.75) is 13.7 Å². The fraction of sp³-hybridized carbons (Fsp3) is 0.143. The van der Waals surface area contributed by atoms with Crippen LogP contribution in [0, 0.1) is 13.7 Å². The lowest BCUT2D eigenvalue weighted by molar-refractivity contribution is 1.48. The molecule has 0 aliphatic heterocycles. The van der Waals surface area contributed by atoms with E-state index in [2.05, 4.69) is 4.98 Å². The van der Waals surface area contributed by atoms with Crippen LogP contribution in [0.1, 0.15) is 27.6 Å². The minimum Gasteiger partial charge on any atom is -0.355 e. The molecule has 0 amide bonds. The van der Waals surface area contributed by atoms with E-state index in [0.29, 0.717) is 0 Å². The van der Waals surface area contributed by atoms with Gasteiger partial charge in [-0.15, -0.1) is 0 Å².